The molecule has 1 aliphatic heterocycles. The third kappa shape index (κ3) is 4.24. The molecule has 0 unspecified atom stereocenters. The number of nitrogens with one attached hydrogen (secondary N) is 2. The first-order valence-electron chi connectivity index (χ1n) is 8.07. The van der Waals surface area contributed by atoms with Crippen LogP contribution in [0.25, 0.3) is 0 Å². The number of methoxy groups -OCH3 is 1. The van der Waals surface area contributed by atoms with Gasteiger partial charge < -0.3 is 19.9 Å². The lowest BCUT2D eigenvalue weighted by atomic mass is 10.1. The van der Waals surface area contributed by atoms with Crippen molar-refractivity contribution in [3.63, 3.8) is 0 Å². The highest BCUT2D eigenvalue weighted by Crippen LogP contribution is 2.37. The number of benzene rings is 2. The molecule has 0 saturated carbocycles. The SMILES string of the molecule is COc1cc(NS(=O)(=O)c2cc3c(cc2Cl)NC(=O)C3)c(C(=O)O)cc1OC(F)F. The van der Waals surface area contributed by atoms with Crippen LogP contribution in [0, 0.1) is 0 Å². The third-order valence-corrected chi connectivity index (χ3v) is 5.90. The molecule has 1 heterocycles. The summed E-state index contributed by atoms with van der Waals surface area (Å²) in [5.41, 5.74) is -0.372. The molecule has 2 aromatic rings. The molecule has 0 bridgehead atoms. The van der Waals surface area contributed by atoms with Crippen LogP contribution in [0.4, 0.5) is 20.2 Å². The smallest absolute Gasteiger partial charge is 0.387 e. The number of fused-ring (bicyclic) bond motifs is 1. The van der Waals surface area contributed by atoms with Crippen LogP contribution in [0.2, 0.25) is 5.02 Å². The maximum atomic E-state index is 12.9. The maximum Gasteiger partial charge on any atom is 0.387 e. The lowest BCUT2D eigenvalue weighted by Crippen LogP contribution is -2.17. The van der Waals surface area contributed by atoms with Gasteiger partial charge in [0.05, 0.1) is 29.8 Å². The topological polar surface area (TPSA) is 131 Å². The van der Waals surface area contributed by atoms with Crippen LogP contribution in [0.3, 0.4) is 0 Å². The number of hydrogen-bond acceptors (Lipinski definition) is 6. The van der Waals surface area contributed by atoms with Crippen LogP contribution < -0.4 is 19.5 Å². The number of rotatable bonds is 7. The fourth-order valence-corrected chi connectivity index (χ4v) is 4.45. The Morgan fingerprint density at radius 1 is 1.27 bits per heavy atom. The van der Waals surface area contributed by atoms with Crippen LogP contribution in [-0.2, 0) is 21.2 Å². The van der Waals surface area contributed by atoms with E-state index < -0.39 is 44.5 Å². The second-order valence-electron chi connectivity index (χ2n) is 6.00. The Kier molecular flexibility index (Phi) is 5.72. The standard InChI is InChI=1S/C17H13ClF2N2O7S/c1-28-12-6-11(8(16(24)25)4-13(12)29-17(19)20)22-30(26,27)14-2-7-3-15(23)21-10(7)5-9(14)18/h2,4-6,17,22H,3H2,1H3,(H,21,23)(H,24,25). The van der Waals surface area contributed by atoms with Crippen LogP contribution in [0.5, 0.6) is 11.5 Å². The molecule has 1 aliphatic rings. The molecule has 3 rings (SSSR count). The minimum absolute atomic E-state index is 0.0527. The van der Waals surface area contributed by atoms with Crippen molar-refractivity contribution in [1.82, 2.24) is 0 Å². The van der Waals surface area contributed by atoms with Gasteiger partial charge in [0.2, 0.25) is 5.91 Å². The molecule has 2 aromatic carbocycles. The summed E-state index contributed by atoms with van der Waals surface area (Å²) in [7, 11) is -3.32. The minimum Gasteiger partial charge on any atom is -0.493 e. The molecule has 0 spiro atoms. The zero-order valence-corrected chi connectivity index (χ0v) is 16.6. The highest BCUT2D eigenvalue weighted by molar-refractivity contribution is 7.92. The predicted molar refractivity (Wildman–Crippen MR) is 101 cm³/mol. The number of carboxylic acid groups (broad SMARTS) is 1. The van der Waals surface area contributed by atoms with Crippen molar-refractivity contribution in [3.8, 4) is 11.5 Å². The normalized spacial score (nSPS) is 13.0. The summed E-state index contributed by atoms with van der Waals surface area (Å²) in [5, 5.41) is 11.7. The molecule has 0 aliphatic carbocycles. The van der Waals surface area contributed by atoms with Crippen LogP contribution in [0.15, 0.2) is 29.2 Å². The summed E-state index contributed by atoms with van der Waals surface area (Å²) < 4.78 is 62.0. The molecular weight excluding hydrogens is 450 g/mol. The average Bonchev–Trinajstić information content (AvgIpc) is 2.99. The Morgan fingerprint density at radius 3 is 2.57 bits per heavy atom. The van der Waals surface area contributed by atoms with Crippen LogP contribution >= 0.6 is 11.6 Å². The van der Waals surface area contributed by atoms with Gasteiger partial charge in [-0.05, 0) is 17.7 Å². The van der Waals surface area contributed by atoms with Gasteiger partial charge in [-0.15, -0.1) is 0 Å². The molecule has 9 nitrogen and oxygen atoms in total. The molecule has 0 atom stereocenters. The van der Waals surface area contributed by atoms with E-state index in [1.165, 1.54) is 12.1 Å². The van der Waals surface area contributed by atoms with E-state index in [2.05, 4.69) is 14.8 Å². The van der Waals surface area contributed by atoms with Gasteiger partial charge in [0.25, 0.3) is 10.0 Å². The maximum absolute atomic E-state index is 12.9. The Labute approximate surface area is 173 Å². The first kappa shape index (κ1) is 21.6. The Morgan fingerprint density at radius 2 is 1.97 bits per heavy atom. The van der Waals surface area contributed by atoms with Crippen molar-refractivity contribution in [2.24, 2.45) is 0 Å². The first-order chi connectivity index (χ1) is 14.0. The fraction of sp³-hybridized carbons (Fsp3) is 0.176. The first-order valence-corrected chi connectivity index (χ1v) is 9.93. The number of anilines is 2. The lowest BCUT2D eigenvalue weighted by Gasteiger charge is -2.16. The minimum atomic E-state index is -4.43. The lowest BCUT2D eigenvalue weighted by molar-refractivity contribution is -0.115. The second-order valence-corrected chi connectivity index (χ2v) is 8.06. The summed E-state index contributed by atoms with van der Waals surface area (Å²) in [6.45, 7) is -3.26. The van der Waals surface area contributed by atoms with Gasteiger partial charge in [-0.3, -0.25) is 9.52 Å². The number of ether oxygens (including phenoxy) is 2. The van der Waals surface area contributed by atoms with Gasteiger partial charge in [0.15, 0.2) is 11.5 Å². The highest BCUT2D eigenvalue weighted by atomic mass is 35.5. The van der Waals surface area contributed by atoms with E-state index in [9.17, 15) is 31.9 Å². The predicted octanol–water partition coefficient (Wildman–Crippen LogP) is 2.94. The van der Waals surface area contributed by atoms with E-state index in [0.29, 0.717) is 17.3 Å². The zero-order valence-electron chi connectivity index (χ0n) is 15.0. The van der Waals surface area contributed by atoms with Gasteiger partial charge in [-0.2, -0.15) is 8.78 Å². The number of sulfonamides is 1. The third-order valence-electron chi connectivity index (χ3n) is 4.07. The molecule has 160 valence electrons. The molecule has 0 saturated heterocycles. The van der Waals surface area contributed by atoms with Gasteiger partial charge >= 0.3 is 12.6 Å². The van der Waals surface area contributed by atoms with Crippen molar-refractivity contribution in [3.05, 3.63) is 40.4 Å². The van der Waals surface area contributed by atoms with Crippen molar-refractivity contribution in [2.75, 3.05) is 17.1 Å². The summed E-state index contributed by atoms with van der Waals surface area (Å²) in [5.74, 6) is -2.86. The van der Waals surface area contributed by atoms with Crippen molar-refractivity contribution in [2.45, 2.75) is 17.9 Å². The van der Waals surface area contributed by atoms with Crippen molar-refractivity contribution < 1.29 is 41.4 Å². The van der Waals surface area contributed by atoms with Gasteiger partial charge in [-0.25, -0.2) is 13.2 Å². The van der Waals surface area contributed by atoms with E-state index in [-0.39, 0.29) is 23.1 Å². The van der Waals surface area contributed by atoms with Gasteiger partial charge in [0, 0.05) is 17.8 Å². The Balaban J connectivity index is 2.06. The Hall–Kier alpha value is -3.12. The summed E-state index contributed by atoms with van der Waals surface area (Å²) in [6, 6.07) is 4.04. The molecule has 0 aromatic heterocycles. The number of amides is 1. The average molecular weight is 463 g/mol. The number of carbonyl (C=O) groups excluding carboxylic acids is 1. The van der Waals surface area contributed by atoms with Crippen LogP contribution in [-0.4, -0.2) is 39.1 Å². The molecular formula is C17H13ClF2N2O7S. The van der Waals surface area contributed by atoms with E-state index in [4.69, 9.17) is 16.3 Å². The van der Waals surface area contributed by atoms with E-state index >= 15 is 0 Å². The number of alkyl halides is 2. The molecule has 30 heavy (non-hydrogen) atoms. The summed E-state index contributed by atoms with van der Waals surface area (Å²) in [4.78, 5) is 22.6. The molecule has 1 amide bonds. The Bertz CT molecular complexity index is 1160. The largest absolute Gasteiger partial charge is 0.493 e. The molecule has 0 radical (unpaired) electrons. The second kappa shape index (κ2) is 7.95. The van der Waals surface area contributed by atoms with Crippen molar-refractivity contribution in [1.29, 1.82) is 0 Å². The number of carboxylic acids is 1. The number of aromatic carboxylic acids is 1. The van der Waals surface area contributed by atoms with E-state index in [1.807, 2.05) is 0 Å². The fourth-order valence-electron chi connectivity index (χ4n) is 2.80. The molecule has 13 heteroatoms. The van der Waals surface area contributed by atoms with E-state index in [1.54, 1.807) is 0 Å². The summed E-state index contributed by atoms with van der Waals surface area (Å²) in [6.07, 6.45) is -0.0527. The molecule has 0 fully saturated rings. The van der Waals surface area contributed by atoms with Gasteiger partial charge in [-0.1, -0.05) is 11.6 Å². The van der Waals surface area contributed by atoms with Crippen molar-refractivity contribution >= 4 is 44.9 Å². The van der Waals surface area contributed by atoms with E-state index in [0.717, 1.165) is 13.2 Å². The van der Waals surface area contributed by atoms with Crippen LogP contribution in [0.1, 0.15) is 15.9 Å². The number of halogens is 3. The number of hydrogen-bond donors (Lipinski definition) is 3. The molecule has 3 N–H and O–H groups in total. The highest BCUT2D eigenvalue weighted by Gasteiger charge is 2.27. The number of carbonyl (C=O) groups is 2. The van der Waals surface area contributed by atoms with Gasteiger partial charge in [0.1, 0.15) is 4.90 Å². The monoisotopic (exact) mass is 462 g/mol. The quantitative estimate of drug-likeness (QED) is 0.576. The summed E-state index contributed by atoms with van der Waals surface area (Å²) >= 11 is 6.03. The zero-order chi connectivity index (χ0) is 22.2.